The number of halogens is 3. The van der Waals surface area contributed by atoms with E-state index in [-0.39, 0.29) is 24.1 Å². The van der Waals surface area contributed by atoms with Crippen LogP contribution in [0.5, 0.6) is 5.75 Å². The first kappa shape index (κ1) is 23.1. The highest BCUT2D eigenvalue weighted by Gasteiger charge is 2.31. The number of ether oxygens (including phenoxy) is 1. The van der Waals surface area contributed by atoms with Gasteiger partial charge in [-0.2, -0.15) is 0 Å². The van der Waals surface area contributed by atoms with Gasteiger partial charge in [0, 0.05) is 37.3 Å². The standard InChI is InChI=1S/C21H25F3N4O2/c1-14(2)19(29)28-17-10-8-15(9-11-17)12-26-20(25-3)27-13-16-6-4-5-7-18(16)30-21(22,23)24/h4-11,14H,12-13H2,1-3H3,(H,28,29)(H2,25,26,27). The molecule has 3 N–H and O–H groups in total. The molecule has 0 heterocycles. The third kappa shape index (κ3) is 7.65. The van der Waals surface area contributed by atoms with Gasteiger partial charge in [0.05, 0.1) is 0 Å². The van der Waals surface area contributed by atoms with Crippen molar-refractivity contribution in [2.24, 2.45) is 10.9 Å². The van der Waals surface area contributed by atoms with E-state index in [0.717, 1.165) is 5.56 Å². The molecule has 2 rings (SSSR count). The number of anilines is 1. The molecule has 0 saturated heterocycles. The summed E-state index contributed by atoms with van der Waals surface area (Å²) in [5, 5.41) is 8.87. The molecule has 0 atom stereocenters. The molecule has 0 fully saturated rings. The lowest BCUT2D eigenvalue weighted by Gasteiger charge is -2.16. The van der Waals surface area contributed by atoms with E-state index in [9.17, 15) is 18.0 Å². The van der Waals surface area contributed by atoms with Crippen LogP contribution >= 0.6 is 0 Å². The van der Waals surface area contributed by atoms with Crippen molar-refractivity contribution in [2.75, 3.05) is 12.4 Å². The highest BCUT2D eigenvalue weighted by molar-refractivity contribution is 5.92. The van der Waals surface area contributed by atoms with Gasteiger partial charge in [-0.3, -0.25) is 9.79 Å². The van der Waals surface area contributed by atoms with E-state index in [1.165, 1.54) is 12.1 Å². The van der Waals surface area contributed by atoms with Gasteiger partial charge in [-0.25, -0.2) is 0 Å². The largest absolute Gasteiger partial charge is 0.573 e. The summed E-state index contributed by atoms with van der Waals surface area (Å²) in [6, 6.07) is 13.3. The van der Waals surface area contributed by atoms with Crippen LogP contribution in [0, 0.1) is 5.92 Å². The van der Waals surface area contributed by atoms with Gasteiger partial charge < -0.3 is 20.7 Å². The lowest BCUT2D eigenvalue weighted by molar-refractivity contribution is -0.274. The Morgan fingerprint density at radius 1 is 1.03 bits per heavy atom. The first-order chi connectivity index (χ1) is 14.2. The first-order valence-corrected chi connectivity index (χ1v) is 9.36. The molecule has 2 aromatic rings. The summed E-state index contributed by atoms with van der Waals surface area (Å²) < 4.78 is 41.6. The maximum atomic E-state index is 12.5. The number of rotatable bonds is 7. The molecule has 0 saturated carbocycles. The summed E-state index contributed by atoms with van der Waals surface area (Å²) in [7, 11) is 1.57. The number of carbonyl (C=O) groups excluding carboxylic acids is 1. The van der Waals surface area contributed by atoms with Crippen LogP contribution in [0.25, 0.3) is 0 Å². The van der Waals surface area contributed by atoms with Crippen molar-refractivity contribution in [3.63, 3.8) is 0 Å². The predicted molar refractivity (Wildman–Crippen MR) is 110 cm³/mol. The van der Waals surface area contributed by atoms with Gasteiger partial charge in [0.15, 0.2) is 5.96 Å². The van der Waals surface area contributed by atoms with Gasteiger partial charge in [0.1, 0.15) is 5.75 Å². The van der Waals surface area contributed by atoms with Crippen LogP contribution in [0.1, 0.15) is 25.0 Å². The second-order valence-corrected chi connectivity index (χ2v) is 6.78. The highest BCUT2D eigenvalue weighted by atomic mass is 19.4. The Hall–Kier alpha value is -3.23. The van der Waals surface area contributed by atoms with Gasteiger partial charge in [0.2, 0.25) is 5.91 Å². The quantitative estimate of drug-likeness (QED) is 0.465. The van der Waals surface area contributed by atoms with Crippen molar-refractivity contribution in [2.45, 2.75) is 33.3 Å². The van der Waals surface area contributed by atoms with E-state index in [1.807, 2.05) is 26.0 Å². The monoisotopic (exact) mass is 422 g/mol. The van der Waals surface area contributed by atoms with E-state index in [0.29, 0.717) is 23.8 Å². The van der Waals surface area contributed by atoms with Crippen LogP contribution in [-0.4, -0.2) is 25.3 Å². The van der Waals surface area contributed by atoms with E-state index >= 15 is 0 Å². The minimum Gasteiger partial charge on any atom is -0.405 e. The number of nitrogens with zero attached hydrogens (tertiary/aromatic N) is 1. The fourth-order valence-corrected chi connectivity index (χ4v) is 2.45. The Kier molecular flexibility index (Phi) is 8.08. The van der Waals surface area contributed by atoms with Crippen LogP contribution in [-0.2, 0) is 17.9 Å². The van der Waals surface area contributed by atoms with E-state index in [4.69, 9.17) is 0 Å². The molecule has 0 radical (unpaired) electrons. The van der Waals surface area contributed by atoms with Gasteiger partial charge in [-0.05, 0) is 23.8 Å². The predicted octanol–water partition coefficient (Wildman–Crippen LogP) is 4.04. The van der Waals surface area contributed by atoms with Crippen LogP contribution in [0.3, 0.4) is 0 Å². The zero-order chi connectivity index (χ0) is 22.1. The van der Waals surface area contributed by atoms with Gasteiger partial charge in [-0.1, -0.05) is 44.2 Å². The molecule has 0 spiro atoms. The zero-order valence-corrected chi connectivity index (χ0v) is 17.0. The summed E-state index contributed by atoms with van der Waals surface area (Å²) >= 11 is 0. The van der Waals surface area contributed by atoms with Crippen LogP contribution < -0.4 is 20.7 Å². The van der Waals surface area contributed by atoms with Gasteiger partial charge >= 0.3 is 6.36 Å². The molecule has 2 aromatic carbocycles. The normalized spacial score (nSPS) is 11.9. The van der Waals surface area contributed by atoms with Crippen molar-refractivity contribution >= 4 is 17.6 Å². The average Bonchev–Trinajstić information content (AvgIpc) is 2.69. The van der Waals surface area contributed by atoms with E-state index in [2.05, 4.69) is 25.7 Å². The number of guanidine groups is 1. The van der Waals surface area contributed by atoms with E-state index < -0.39 is 6.36 Å². The van der Waals surface area contributed by atoms with Crippen molar-refractivity contribution in [1.29, 1.82) is 0 Å². The summed E-state index contributed by atoms with van der Waals surface area (Å²) in [6.45, 7) is 4.19. The molecule has 0 unspecified atom stereocenters. The van der Waals surface area contributed by atoms with Gasteiger partial charge in [0.25, 0.3) is 0 Å². The van der Waals surface area contributed by atoms with Crippen molar-refractivity contribution in [3.05, 3.63) is 59.7 Å². The highest BCUT2D eigenvalue weighted by Crippen LogP contribution is 2.26. The smallest absolute Gasteiger partial charge is 0.405 e. The fraction of sp³-hybridized carbons (Fsp3) is 0.333. The number of carbonyl (C=O) groups is 1. The number of alkyl halides is 3. The lowest BCUT2D eigenvalue weighted by Crippen LogP contribution is -2.36. The molecule has 30 heavy (non-hydrogen) atoms. The van der Waals surface area contributed by atoms with Crippen LogP contribution in [0.4, 0.5) is 18.9 Å². The lowest BCUT2D eigenvalue weighted by atomic mass is 10.1. The second kappa shape index (κ2) is 10.5. The zero-order valence-electron chi connectivity index (χ0n) is 17.0. The third-order valence-corrected chi connectivity index (χ3v) is 4.07. The molecular formula is C21H25F3N4O2. The molecule has 0 aliphatic heterocycles. The first-order valence-electron chi connectivity index (χ1n) is 9.36. The number of nitrogens with one attached hydrogen (secondary N) is 3. The van der Waals surface area contributed by atoms with Crippen LogP contribution in [0.15, 0.2) is 53.5 Å². The average molecular weight is 422 g/mol. The molecule has 0 aliphatic carbocycles. The Balaban J connectivity index is 1.90. The fourth-order valence-electron chi connectivity index (χ4n) is 2.45. The minimum atomic E-state index is -4.75. The molecule has 1 amide bonds. The SMILES string of the molecule is CN=C(NCc1ccc(NC(=O)C(C)C)cc1)NCc1ccccc1OC(F)(F)F. The maximum absolute atomic E-state index is 12.5. The van der Waals surface area contributed by atoms with Crippen LogP contribution in [0.2, 0.25) is 0 Å². The second-order valence-electron chi connectivity index (χ2n) is 6.78. The number of hydrogen-bond donors (Lipinski definition) is 3. The number of aliphatic imine (C=N–C) groups is 1. The van der Waals surface area contributed by atoms with Crippen molar-refractivity contribution in [3.8, 4) is 5.75 Å². The molecule has 6 nitrogen and oxygen atoms in total. The minimum absolute atomic E-state index is 0.0553. The number of amides is 1. The summed E-state index contributed by atoms with van der Waals surface area (Å²) in [6.07, 6.45) is -4.75. The summed E-state index contributed by atoms with van der Waals surface area (Å²) in [5.41, 5.74) is 2.01. The molecule has 0 bridgehead atoms. The van der Waals surface area contributed by atoms with E-state index in [1.54, 1.807) is 31.3 Å². The van der Waals surface area contributed by atoms with Crippen molar-refractivity contribution in [1.82, 2.24) is 10.6 Å². The molecule has 0 aromatic heterocycles. The third-order valence-electron chi connectivity index (χ3n) is 4.07. The summed E-state index contributed by atoms with van der Waals surface area (Å²) in [4.78, 5) is 15.8. The topological polar surface area (TPSA) is 74.8 Å². The molecule has 9 heteroatoms. The number of para-hydroxylation sites is 1. The van der Waals surface area contributed by atoms with Gasteiger partial charge in [-0.15, -0.1) is 13.2 Å². The number of hydrogen-bond acceptors (Lipinski definition) is 3. The Labute approximate surface area is 173 Å². The Morgan fingerprint density at radius 3 is 2.27 bits per heavy atom. The molecule has 162 valence electrons. The molecular weight excluding hydrogens is 397 g/mol. The maximum Gasteiger partial charge on any atom is 0.573 e. The Bertz CT molecular complexity index is 865. The number of benzene rings is 2. The molecule has 0 aliphatic rings. The summed E-state index contributed by atoms with van der Waals surface area (Å²) in [5.74, 6) is 0.00801. The van der Waals surface area contributed by atoms with Crippen molar-refractivity contribution < 1.29 is 22.7 Å². The Morgan fingerprint density at radius 2 is 1.67 bits per heavy atom.